The number of carboxylic acids is 1. The van der Waals surface area contributed by atoms with E-state index in [1.165, 1.54) is 83.8 Å². The number of fused-ring (bicyclic) bond motifs is 3. The molecule has 4 nitrogen and oxygen atoms in total. The van der Waals surface area contributed by atoms with Gasteiger partial charge in [0.15, 0.2) is 0 Å². The standard InChI is InChI=1S/C55H46N2O2S3/c1-3-5-31-55(32-6-4-2)47-20-14-13-19-44(47)45-27-23-38(34-48(45)55)46-35-52(37-21-24-42(25-22-37)57(40-15-9-7-10-16-40)41-17-11-8-12-18-41)62-53(46)51-30-29-50(61-51)49-28-26-43(60-49)33-39(36-56)54(58)59/h7-30,33-35H,3-6,31-32H2,1-2H3,(H,58,59)/b39-33+. The molecule has 1 aliphatic carbocycles. The molecule has 306 valence electrons. The predicted molar refractivity (Wildman–Crippen MR) is 263 cm³/mol. The largest absolute Gasteiger partial charge is 0.477 e. The van der Waals surface area contributed by atoms with Crippen LogP contribution in [0.1, 0.15) is 68.4 Å². The van der Waals surface area contributed by atoms with Crippen molar-refractivity contribution in [2.45, 2.75) is 57.8 Å². The summed E-state index contributed by atoms with van der Waals surface area (Å²) in [6, 6.07) is 58.8. The van der Waals surface area contributed by atoms with Crippen molar-refractivity contribution >= 4 is 63.1 Å². The summed E-state index contributed by atoms with van der Waals surface area (Å²) in [5.41, 5.74) is 12.3. The van der Waals surface area contributed by atoms with Crippen molar-refractivity contribution in [3.63, 3.8) is 0 Å². The third-order valence-corrected chi connectivity index (χ3v) is 15.7. The van der Waals surface area contributed by atoms with Gasteiger partial charge in [-0.2, -0.15) is 5.26 Å². The first-order valence-corrected chi connectivity index (χ1v) is 23.8. The Morgan fingerprint density at radius 1 is 0.597 bits per heavy atom. The number of aliphatic carboxylic acids is 1. The van der Waals surface area contributed by atoms with Gasteiger partial charge in [-0.15, -0.1) is 34.0 Å². The van der Waals surface area contributed by atoms with Crippen LogP contribution in [-0.2, 0) is 10.2 Å². The van der Waals surface area contributed by atoms with Crippen molar-refractivity contribution in [3.05, 3.63) is 179 Å². The van der Waals surface area contributed by atoms with E-state index in [2.05, 4.69) is 164 Å². The van der Waals surface area contributed by atoms with Crippen LogP contribution in [0, 0.1) is 11.3 Å². The van der Waals surface area contributed by atoms with Gasteiger partial charge in [0.2, 0.25) is 0 Å². The van der Waals surface area contributed by atoms with E-state index in [0.29, 0.717) is 0 Å². The van der Waals surface area contributed by atoms with E-state index in [1.807, 2.05) is 23.5 Å². The van der Waals surface area contributed by atoms with Crippen LogP contribution in [0.3, 0.4) is 0 Å². The quantitative estimate of drug-likeness (QED) is 0.0824. The molecule has 1 N–H and O–H groups in total. The second-order valence-corrected chi connectivity index (χ2v) is 19.1. The van der Waals surface area contributed by atoms with E-state index in [-0.39, 0.29) is 11.0 Å². The molecule has 0 radical (unpaired) electrons. The Kier molecular flexibility index (Phi) is 11.9. The maximum atomic E-state index is 11.6. The number of benzene rings is 5. The molecule has 1 aliphatic rings. The molecule has 0 bridgehead atoms. The summed E-state index contributed by atoms with van der Waals surface area (Å²) < 4.78 is 0. The van der Waals surface area contributed by atoms with Crippen molar-refractivity contribution in [3.8, 4) is 58.3 Å². The highest BCUT2D eigenvalue weighted by Crippen LogP contribution is 2.56. The van der Waals surface area contributed by atoms with Gasteiger partial charge in [0.25, 0.3) is 0 Å². The average molecular weight is 863 g/mol. The summed E-state index contributed by atoms with van der Waals surface area (Å²) in [6.45, 7) is 4.61. The van der Waals surface area contributed by atoms with Crippen LogP contribution in [0.2, 0.25) is 0 Å². The molecule has 3 aromatic heterocycles. The van der Waals surface area contributed by atoms with Crippen molar-refractivity contribution in [1.82, 2.24) is 0 Å². The Morgan fingerprint density at radius 3 is 1.84 bits per heavy atom. The Bertz CT molecular complexity index is 2880. The molecule has 0 saturated carbocycles. The van der Waals surface area contributed by atoms with E-state index in [0.717, 1.165) is 57.4 Å². The third kappa shape index (κ3) is 7.87. The molecule has 0 unspecified atom stereocenters. The number of nitriles is 1. The number of carbonyl (C=O) groups is 1. The first-order valence-electron chi connectivity index (χ1n) is 21.4. The second-order valence-electron chi connectivity index (χ2n) is 15.8. The molecule has 0 fully saturated rings. The van der Waals surface area contributed by atoms with Gasteiger partial charge in [0.1, 0.15) is 11.6 Å². The summed E-state index contributed by atoms with van der Waals surface area (Å²) in [5.74, 6) is -1.22. The maximum Gasteiger partial charge on any atom is 0.346 e. The summed E-state index contributed by atoms with van der Waals surface area (Å²) in [5, 5.41) is 18.8. The lowest BCUT2D eigenvalue weighted by Crippen LogP contribution is -2.25. The molecule has 3 heterocycles. The molecular formula is C55H46N2O2S3. The number of thiophene rings is 3. The van der Waals surface area contributed by atoms with Crippen molar-refractivity contribution in [1.29, 1.82) is 5.26 Å². The number of anilines is 3. The van der Waals surface area contributed by atoms with Gasteiger partial charge in [-0.05, 0) is 125 Å². The number of nitrogens with zero attached hydrogens (tertiary/aromatic N) is 2. The lowest BCUT2D eigenvalue weighted by atomic mass is 9.70. The van der Waals surface area contributed by atoms with Gasteiger partial charge in [-0.3, -0.25) is 0 Å². The van der Waals surface area contributed by atoms with Gasteiger partial charge in [-0.1, -0.05) is 124 Å². The van der Waals surface area contributed by atoms with E-state index in [9.17, 15) is 15.2 Å². The zero-order valence-corrected chi connectivity index (χ0v) is 37.3. The molecule has 0 spiro atoms. The minimum Gasteiger partial charge on any atom is -0.477 e. The Labute approximate surface area is 376 Å². The minimum atomic E-state index is -1.22. The first kappa shape index (κ1) is 41.1. The smallest absolute Gasteiger partial charge is 0.346 e. The zero-order valence-electron chi connectivity index (χ0n) is 34.8. The Hall–Kier alpha value is -6.30. The SMILES string of the molecule is CCCCC1(CCCC)c2ccccc2-c2ccc(-c3cc(-c4ccc(N(c5ccccc5)c5ccccc5)cc4)sc3-c3ccc(-c4ccc(/C=C(\C#N)C(=O)O)s4)s3)cc21. The van der Waals surface area contributed by atoms with Crippen molar-refractivity contribution in [2.24, 2.45) is 0 Å². The van der Waals surface area contributed by atoms with Crippen LogP contribution in [0.25, 0.3) is 58.3 Å². The van der Waals surface area contributed by atoms with Crippen LogP contribution >= 0.6 is 34.0 Å². The normalized spacial score (nSPS) is 12.8. The lowest BCUT2D eigenvalue weighted by molar-refractivity contribution is -0.132. The fraction of sp³-hybridized carbons (Fsp3) is 0.164. The molecule has 8 aromatic rings. The summed E-state index contributed by atoms with van der Waals surface area (Å²) in [6.07, 6.45) is 8.43. The monoisotopic (exact) mass is 862 g/mol. The molecule has 62 heavy (non-hydrogen) atoms. The second kappa shape index (κ2) is 18.0. The highest BCUT2D eigenvalue weighted by Gasteiger charge is 2.42. The van der Waals surface area contributed by atoms with Gasteiger partial charge in [-0.25, -0.2) is 4.79 Å². The van der Waals surface area contributed by atoms with Crippen LogP contribution in [-0.4, -0.2) is 11.1 Å². The summed E-state index contributed by atoms with van der Waals surface area (Å²) in [4.78, 5) is 20.3. The van der Waals surface area contributed by atoms with E-state index in [1.54, 1.807) is 17.4 Å². The maximum absolute atomic E-state index is 11.6. The molecule has 9 rings (SSSR count). The fourth-order valence-electron chi connectivity index (χ4n) is 8.99. The molecule has 7 heteroatoms. The molecule has 0 amide bonds. The predicted octanol–water partition coefficient (Wildman–Crippen LogP) is 16.6. The van der Waals surface area contributed by atoms with Gasteiger partial charge < -0.3 is 10.0 Å². The van der Waals surface area contributed by atoms with E-state index >= 15 is 0 Å². The van der Waals surface area contributed by atoms with Crippen LogP contribution in [0.5, 0.6) is 0 Å². The topological polar surface area (TPSA) is 64.3 Å². The summed E-state index contributed by atoms with van der Waals surface area (Å²) >= 11 is 5.08. The highest BCUT2D eigenvalue weighted by molar-refractivity contribution is 7.27. The summed E-state index contributed by atoms with van der Waals surface area (Å²) in [7, 11) is 0. The fourth-order valence-corrected chi connectivity index (χ4v) is 12.3. The van der Waals surface area contributed by atoms with Gasteiger partial charge in [0.05, 0.1) is 4.88 Å². The average Bonchev–Trinajstić information content (AvgIpc) is 4.13. The first-order chi connectivity index (χ1) is 30.4. The van der Waals surface area contributed by atoms with Crippen LogP contribution in [0.4, 0.5) is 17.1 Å². The minimum absolute atomic E-state index is 0.0142. The Morgan fingerprint density at radius 2 is 1.18 bits per heavy atom. The van der Waals surface area contributed by atoms with Crippen molar-refractivity contribution < 1.29 is 9.90 Å². The molecule has 0 aliphatic heterocycles. The third-order valence-electron chi connectivity index (χ3n) is 12.0. The molecule has 5 aromatic carbocycles. The molecule has 0 atom stereocenters. The number of hydrogen-bond donors (Lipinski definition) is 1. The number of unbranched alkanes of at least 4 members (excludes halogenated alkanes) is 2. The van der Waals surface area contributed by atoms with Gasteiger partial charge >= 0.3 is 5.97 Å². The number of para-hydroxylation sites is 2. The molecular weight excluding hydrogens is 817 g/mol. The van der Waals surface area contributed by atoms with Crippen LogP contribution < -0.4 is 4.90 Å². The molecule has 0 saturated heterocycles. The number of carboxylic acid groups (broad SMARTS) is 1. The Balaban J connectivity index is 1.16. The van der Waals surface area contributed by atoms with Crippen LogP contribution in [0.15, 0.2) is 163 Å². The number of hydrogen-bond acceptors (Lipinski definition) is 6. The van der Waals surface area contributed by atoms with E-state index in [4.69, 9.17) is 0 Å². The van der Waals surface area contributed by atoms with Crippen molar-refractivity contribution in [2.75, 3.05) is 4.90 Å². The van der Waals surface area contributed by atoms with Gasteiger partial charge in [0, 0.05) is 52.4 Å². The number of rotatable bonds is 15. The lowest BCUT2D eigenvalue weighted by Gasteiger charge is -2.33. The highest BCUT2D eigenvalue weighted by atomic mass is 32.1. The van der Waals surface area contributed by atoms with E-state index < -0.39 is 5.97 Å². The zero-order chi connectivity index (χ0) is 42.6.